The molecule has 1 saturated heterocycles. The summed E-state index contributed by atoms with van der Waals surface area (Å²) < 4.78 is 0.873. The molecule has 1 aromatic carbocycles. The van der Waals surface area contributed by atoms with E-state index in [2.05, 4.69) is 26.6 Å². The number of rotatable bonds is 5. The first-order chi connectivity index (χ1) is 8.66. The standard InChI is InChI=1S/C13H18BrN3O/c14-11-8-9(13(15)18)3-4-12(11)17-7-5-10-2-1-6-16-10/h3-4,8,10,16-17H,1-2,5-7H2,(H2,15,18)/t10-/m1/s1. The number of primary amides is 1. The van der Waals surface area contributed by atoms with Gasteiger partial charge in [0, 0.05) is 28.3 Å². The van der Waals surface area contributed by atoms with Gasteiger partial charge in [-0.2, -0.15) is 0 Å². The van der Waals surface area contributed by atoms with Gasteiger partial charge in [0.15, 0.2) is 0 Å². The van der Waals surface area contributed by atoms with Crippen molar-refractivity contribution in [1.29, 1.82) is 0 Å². The number of hydrogen-bond donors (Lipinski definition) is 3. The Kier molecular flexibility index (Phi) is 4.60. The normalized spacial score (nSPS) is 18.8. The van der Waals surface area contributed by atoms with E-state index in [1.54, 1.807) is 12.1 Å². The van der Waals surface area contributed by atoms with Crippen LogP contribution in [0.25, 0.3) is 0 Å². The zero-order chi connectivity index (χ0) is 13.0. The number of benzene rings is 1. The van der Waals surface area contributed by atoms with Crippen molar-refractivity contribution in [2.24, 2.45) is 5.73 Å². The lowest BCUT2D eigenvalue weighted by Gasteiger charge is -2.13. The number of carbonyl (C=O) groups excluding carboxylic acids is 1. The Bertz CT molecular complexity index is 430. The van der Waals surface area contributed by atoms with Crippen molar-refractivity contribution < 1.29 is 4.79 Å². The van der Waals surface area contributed by atoms with Gasteiger partial charge in [-0.3, -0.25) is 4.79 Å². The molecule has 5 heteroatoms. The van der Waals surface area contributed by atoms with Gasteiger partial charge in [0.2, 0.25) is 5.91 Å². The van der Waals surface area contributed by atoms with Crippen LogP contribution in [0.15, 0.2) is 22.7 Å². The molecule has 4 N–H and O–H groups in total. The molecule has 18 heavy (non-hydrogen) atoms. The molecule has 1 fully saturated rings. The highest BCUT2D eigenvalue weighted by atomic mass is 79.9. The minimum Gasteiger partial charge on any atom is -0.384 e. The van der Waals surface area contributed by atoms with Crippen LogP contribution in [0.2, 0.25) is 0 Å². The minimum atomic E-state index is -0.405. The summed E-state index contributed by atoms with van der Waals surface area (Å²) >= 11 is 3.44. The second kappa shape index (κ2) is 6.20. The third-order valence-corrected chi connectivity index (χ3v) is 3.88. The fourth-order valence-electron chi connectivity index (χ4n) is 2.20. The van der Waals surface area contributed by atoms with Crippen molar-refractivity contribution in [1.82, 2.24) is 5.32 Å². The van der Waals surface area contributed by atoms with Crippen LogP contribution in [0.4, 0.5) is 5.69 Å². The number of nitrogens with one attached hydrogen (secondary N) is 2. The molecule has 2 rings (SSSR count). The number of amides is 1. The summed E-state index contributed by atoms with van der Waals surface area (Å²) in [5.74, 6) is -0.405. The average molecular weight is 312 g/mol. The molecule has 1 atom stereocenters. The summed E-state index contributed by atoms with van der Waals surface area (Å²) in [5, 5.41) is 6.84. The van der Waals surface area contributed by atoms with E-state index >= 15 is 0 Å². The van der Waals surface area contributed by atoms with Crippen LogP contribution in [-0.4, -0.2) is 25.0 Å². The van der Waals surface area contributed by atoms with Crippen LogP contribution in [0.3, 0.4) is 0 Å². The van der Waals surface area contributed by atoms with Gasteiger partial charge in [0.05, 0.1) is 0 Å². The van der Waals surface area contributed by atoms with Gasteiger partial charge in [-0.1, -0.05) is 0 Å². The monoisotopic (exact) mass is 311 g/mol. The summed E-state index contributed by atoms with van der Waals surface area (Å²) in [6, 6.07) is 6.01. The quantitative estimate of drug-likeness (QED) is 0.780. The van der Waals surface area contributed by atoms with Crippen molar-refractivity contribution in [2.75, 3.05) is 18.4 Å². The number of carbonyl (C=O) groups is 1. The molecule has 0 bridgehead atoms. The molecule has 1 aliphatic rings. The predicted molar refractivity (Wildman–Crippen MR) is 76.8 cm³/mol. The van der Waals surface area contributed by atoms with E-state index in [-0.39, 0.29) is 0 Å². The molecular weight excluding hydrogens is 294 g/mol. The first-order valence-corrected chi connectivity index (χ1v) is 7.03. The Balaban J connectivity index is 1.87. The Morgan fingerprint density at radius 2 is 2.39 bits per heavy atom. The molecule has 0 spiro atoms. The third kappa shape index (κ3) is 3.46. The van der Waals surface area contributed by atoms with Crippen molar-refractivity contribution in [3.05, 3.63) is 28.2 Å². The van der Waals surface area contributed by atoms with E-state index in [0.29, 0.717) is 11.6 Å². The lowest BCUT2D eigenvalue weighted by atomic mass is 10.1. The van der Waals surface area contributed by atoms with E-state index in [4.69, 9.17) is 5.73 Å². The summed E-state index contributed by atoms with van der Waals surface area (Å²) in [5.41, 5.74) is 6.74. The fraction of sp³-hybridized carbons (Fsp3) is 0.462. The molecule has 0 unspecified atom stereocenters. The van der Waals surface area contributed by atoms with E-state index in [1.165, 1.54) is 12.8 Å². The summed E-state index contributed by atoms with van der Waals surface area (Å²) in [4.78, 5) is 11.0. The maximum atomic E-state index is 11.0. The van der Waals surface area contributed by atoms with Crippen molar-refractivity contribution in [3.8, 4) is 0 Å². The van der Waals surface area contributed by atoms with Crippen molar-refractivity contribution in [2.45, 2.75) is 25.3 Å². The highest BCUT2D eigenvalue weighted by Crippen LogP contribution is 2.23. The molecular formula is C13H18BrN3O. The van der Waals surface area contributed by atoms with Gasteiger partial charge in [-0.15, -0.1) is 0 Å². The Morgan fingerprint density at radius 3 is 3.00 bits per heavy atom. The highest BCUT2D eigenvalue weighted by molar-refractivity contribution is 9.10. The molecule has 0 saturated carbocycles. The maximum Gasteiger partial charge on any atom is 0.248 e. The lowest BCUT2D eigenvalue weighted by Crippen LogP contribution is -2.24. The SMILES string of the molecule is NC(=O)c1ccc(NCC[C@H]2CCCN2)c(Br)c1. The van der Waals surface area contributed by atoms with Gasteiger partial charge >= 0.3 is 0 Å². The van der Waals surface area contributed by atoms with Crippen LogP contribution in [-0.2, 0) is 0 Å². The molecule has 1 heterocycles. The van der Waals surface area contributed by atoms with E-state index in [9.17, 15) is 4.79 Å². The van der Waals surface area contributed by atoms with Crippen LogP contribution >= 0.6 is 15.9 Å². The molecule has 1 amide bonds. The Hall–Kier alpha value is -1.07. The summed E-state index contributed by atoms with van der Waals surface area (Å²) in [7, 11) is 0. The zero-order valence-corrected chi connectivity index (χ0v) is 11.8. The van der Waals surface area contributed by atoms with E-state index in [0.717, 1.165) is 29.7 Å². The number of hydrogen-bond acceptors (Lipinski definition) is 3. The second-order valence-electron chi connectivity index (χ2n) is 4.57. The molecule has 0 aromatic heterocycles. The molecule has 4 nitrogen and oxygen atoms in total. The molecule has 1 aliphatic heterocycles. The van der Waals surface area contributed by atoms with E-state index in [1.807, 2.05) is 6.07 Å². The van der Waals surface area contributed by atoms with Crippen LogP contribution in [0.1, 0.15) is 29.6 Å². The first-order valence-electron chi connectivity index (χ1n) is 6.23. The van der Waals surface area contributed by atoms with Crippen LogP contribution in [0, 0.1) is 0 Å². The van der Waals surface area contributed by atoms with Gasteiger partial charge in [-0.05, 0) is 59.9 Å². The Labute approximate surface area is 115 Å². The minimum absolute atomic E-state index is 0.405. The summed E-state index contributed by atoms with van der Waals surface area (Å²) in [6.07, 6.45) is 3.66. The Morgan fingerprint density at radius 1 is 1.56 bits per heavy atom. The molecule has 1 aromatic rings. The second-order valence-corrected chi connectivity index (χ2v) is 5.42. The summed E-state index contributed by atoms with van der Waals surface area (Å²) in [6.45, 7) is 2.06. The van der Waals surface area contributed by atoms with Crippen molar-refractivity contribution in [3.63, 3.8) is 0 Å². The largest absolute Gasteiger partial charge is 0.384 e. The zero-order valence-electron chi connectivity index (χ0n) is 10.2. The van der Waals surface area contributed by atoms with Gasteiger partial charge in [0.1, 0.15) is 0 Å². The molecule has 0 radical (unpaired) electrons. The van der Waals surface area contributed by atoms with Gasteiger partial charge in [0.25, 0.3) is 0 Å². The van der Waals surface area contributed by atoms with Gasteiger partial charge < -0.3 is 16.4 Å². The number of nitrogens with two attached hydrogens (primary N) is 1. The fourth-order valence-corrected chi connectivity index (χ4v) is 2.71. The molecule has 0 aliphatic carbocycles. The van der Waals surface area contributed by atoms with Crippen molar-refractivity contribution >= 4 is 27.5 Å². The third-order valence-electron chi connectivity index (χ3n) is 3.22. The van der Waals surface area contributed by atoms with Gasteiger partial charge in [-0.25, -0.2) is 0 Å². The number of halogens is 1. The average Bonchev–Trinajstić information content (AvgIpc) is 2.84. The smallest absolute Gasteiger partial charge is 0.248 e. The lowest BCUT2D eigenvalue weighted by molar-refractivity contribution is 0.100. The molecule has 98 valence electrons. The van der Waals surface area contributed by atoms with E-state index < -0.39 is 5.91 Å². The topological polar surface area (TPSA) is 67.2 Å². The maximum absolute atomic E-state index is 11.0. The highest BCUT2D eigenvalue weighted by Gasteiger charge is 2.13. The predicted octanol–water partition coefficient (Wildman–Crippen LogP) is 2.10. The number of anilines is 1. The first kappa shape index (κ1) is 13.4. The van der Waals surface area contributed by atoms with Crippen LogP contribution in [0.5, 0.6) is 0 Å². The van der Waals surface area contributed by atoms with Crippen LogP contribution < -0.4 is 16.4 Å².